The summed E-state index contributed by atoms with van der Waals surface area (Å²) in [7, 11) is 0. The number of halogens is 1. The lowest BCUT2D eigenvalue weighted by Gasteiger charge is -1.93. The molecule has 0 amide bonds. The third-order valence-electron chi connectivity index (χ3n) is 2.57. The molecule has 0 unspecified atom stereocenters. The van der Waals surface area contributed by atoms with Gasteiger partial charge in [0, 0.05) is 17.8 Å². The zero-order valence-corrected chi connectivity index (χ0v) is 9.21. The van der Waals surface area contributed by atoms with Crippen molar-refractivity contribution in [1.29, 1.82) is 5.26 Å². The highest BCUT2D eigenvalue weighted by Gasteiger charge is 2.06. The Morgan fingerprint density at radius 1 is 1.17 bits per heavy atom. The second-order valence-electron chi connectivity index (χ2n) is 3.77. The summed E-state index contributed by atoms with van der Waals surface area (Å²) in [5.74, 6) is 0.208. The summed E-state index contributed by atoms with van der Waals surface area (Å²) in [4.78, 5) is 4.30. The van der Waals surface area contributed by atoms with Crippen molar-refractivity contribution in [3.63, 3.8) is 0 Å². The Balaban J connectivity index is 2.13. The molecule has 86 valence electrons. The molecule has 5 heteroatoms. The van der Waals surface area contributed by atoms with E-state index in [1.807, 2.05) is 6.07 Å². The van der Waals surface area contributed by atoms with E-state index in [4.69, 9.17) is 5.26 Å². The highest BCUT2D eigenvalue weighted by atomic mass is 19.1. The van der Waals surface area contributed by atoms with Crippen LogP contribution in [0.2, 0.25) is 0 Å². The van der Waals surface area contributed by atoms with Gasteiger partial charge >= 0.3 is 0 Å². The summed E-state index contributed by atoms with van der Waals surface area (Å²) < 4.78 is 14.4. The summed E-state index contributed by atoms with van der Waals surface area (Å²) in [5.41, 5.74) is 1.85. The van der Waals surface area contributed by atoms with E-state index >= 15 is 0 Å². The fourth-order valence-electron chi connectivity index (χ4n) is 1.67. The van der Waals surface area contributed by atoms with E-state index in [9.17, 15) is 4.39 Å². The van der Waals surface area contributed by atoms with Gasteiger partial charge in [-0.15, -0.1) is 5.10 Å². The third-order valence-corrected chi connectivity index (χ3v) is 2.57. The van der Waals surface area contributed by atoms with Gasteiger partial charge in [0.05, 0.1) is 11.6 Å². The topological polar surface area (TPSA) is 54.0 Å². The summed E-state index contributed by atoms with van der Waals surface area (Å²) in [6.45, 7) is 0. The zero-order valence-electron chi connectivity index (χ0n) is 9.21. The molecule has 1 aromatic carbocycles. The molecule has 0 N–H and O–H groups in total. The number of hydrogen-bond donors (Lipinski definition) is 0. The van der Waals surface area contributed by atoms with Crippen LogP contribution in [-0.4, -0.2) is 14.6 Å². The van der Waals surface area contributed by atoms with Crippen molar-refractivity contribution >= 4 is 5.65 Å². The first-order valence-electron chi connectivity index (χ1n) is 5.29. The predicted octanol–water partition coefficient (Wildman–Crippen LogP) is 2.41. The number of rotatable bonds is 1. The van der Waals surface area contributed by atoms with Crippen LogP contribution in [0.1, 0.15) is 5.56 Å². The second-order valence-corrected chi connectivity index (χ2v) is 3.77. The number of aromatic nitrogens is 3. The minimum absolute atomic E-state index is 0.297. The van der Waals surface area contributed by atoms with Crippen molar-refractivity contribution in [1.82, 2.24) is 14.6 Å². The standard InChI is InChI=1S/C13H7FN4/c14-11-3-1-10(2-4-11)13-16-12-7-9(8-15)5-6-18(12)17-13/h1-7H. The summed E-state index contributed by atoms with van der Waals surface area (Å²) >= 11 is 0. The molecule has 0 radical (unpaired) electrons. The molecule has 0 atom stereocenters. The fraction of sp³-hybridized carbons (Fsp3) is 0. The van der Waals surface area contributed by atoms with Gasteiger partial charge in [0.15, 0.2) is 11.5 Å². The first kappa shape index (κ1) is 10.4. The van der Waals surface area contributed by atoms with E-state index < -0.39 is 0 Å². The molecular weight excluding hydrogens is 231 g/mol. The van der Waals surface area contributed by atoms with Crippen molar-refractivity contribution in [3.05, 3.63) is 54.0 Å². The van der Waals surface area contributed by atoms with Crippen LogP contribution in [0.15, 0.2) is 42.6 Å². The predicted molar refractivity (Wildman–Crippen MR) is 63.1 cm³/mol. The maximum Gasteiger partial charge on any atom is 0.182 e. The molecule has 0 aliphatic carbocycles. The van der Waals surface area contributed by atoms with Gasteiger partial charge < -0.3 is 0 Å². The summed E-state index contributed by atoms with van der Waals surface area (Å²) in [5, 5.41) is 13.1. The number of nitrogens with zero attached hydrogens (tertiary/aromatic N) is 4. The number of pyridine rings is 1. The Morgan fingerprint density at radius 2 is 1.94 bits per heavy atom. The van der Waals surface area contributed by atoms with Gasteiger partial charge in [-0.2, -0.15) is 5.26 Å². The molecular formula is C13H7FN4. The van der Waals surface area contributed by atoms with Crippen LogP contribution in [0.4, 0.5) is 4.39 Å². The molecule has 0 bridgehead atoms. The first-order valence-corrected chi connectivity index (χ1v) is 5.29. The van der Waals surface area contributed by atoms with Crippen LogP contribution in [0.5, 0.6) is 0 Å². The highest BCUT2D eigenvalue weighted by Crippen LogP contribution is 2.17. The monoisotopic (exact) mass is 238 g/mol. The number of fused-ring (bicyclic) bond motifs is 1. The summed E-state index contributed by atoms with van der Waals surface area (Å²) in [6, 6.07) is 11.3. The average Bonchev–Trinajstić information content (AvgIpc) is 2.82. The molecule has 4 nitrogen and oxygen atoms in total. The molecule has 18 heavy (non-hydrogen) atoms. The Bertz CT molecular complexity index is 753. The zero-order chi connectivity index (χ0) is 12.5. The Hall–Kier alpha value is -2.74. The van der Waals surface area contributed by atoms with Crippen LogP contribution in [0.3, 0.4) is 0 Å². The van der Waals surface area contributed by atoms with E-state index in [1.165, 1.54) is 12.1 Å². The van der Waals surface area contributed by atoms with Crippen molar-refractivity contribution in [2.75, 3.05) is 0 Å². The highest BCUT2D eigenvalue weighted by molar-refractivity contribution is 5.58. The molecule has 0 fully saturated rings. The van der Waals surface area contributed by atoms with Crippen LogP contribution in [-0.2, 0) is 0 Å². The van der Waals surface area contributed by atoms with Crippen LogP contribution >= 0.6 is 0 Å². The fourth-order valence-corrected chi connectivity index (χ4v) is 1.67. The SMILES string of the molecule is N#Cc1ccn2nc(-c3ccc(F)cc3)nc2c1. The molecule has 0 spiro atoms. The lowest BCUT2D eigenvalue weighted by Crippen LogP contribution is -1.87. The van der Waals surface area contributed by atoms with Crippen LogP contribution in [0.25, 0.3) is 17.0 Å². The van der Waals surface area contributed by atoms with Crippen molar-refractivity contribution in [2.24, 2.45) is 0 Å². The Kier molecular flexibility index (Phi) is 2.27. The Morgan fingerprint density at radius 3 is 2.67 bits per heavy atom. The normalized spacial score (nSPS) is 10.4. The average molecular weight is 238 g/mol. The Labute approximate surface area is 102 Å². The molecule has 0 aliphatic rings. The number of nitriles is 1. The lowest BCUT2D eigenvalue weighted by atomic mass is 10.2. The lowest BCUT2D eigenvalue weighted by molar-refractivity contribution is 0.628. The smallest absolute Gasteiger partial charge is 0.182 e. The van der Waals surface area contributed by atoms with E-state index in [0.29, 0.717) is 17.0 Å². The van der Waals surface area contributed by atoms with Gasteiger partial charge in [-0.25, -0.2) is 13.9 Å². The summed E-state index contributed by atoms with van der Waals surface area (Å²) in [6.07, 6.45) is 1.67. The number of benzene rings is 1. The van der Waals surface area contributed by atoms with Gasteiger partial charge in [-0.3, -0.25) is 0 Å². The maximum atomic E-state index is 12.8. The van der Waals surface area contributed by atoms with Crippen molar-refractivity contribution < 1.29 is 4.39 Å². The largest absolute Gasteiger partial charge is 0.220 e. The van der Waals surface area contributed by atoms with Gasteiger partial charge in [0.25, 0.3) is 0 Å². The quantitative estimate of drug-likeness (QED) is 0.654. The molecule has 0 aliphatic heterocycles. The number of hydrogen-bond acceptors (Lipinski definition) is 3. The van der Waals surface area contributed by atoms with Crippen molar-refractivity contribution in [2.45, 2.75) is 0 Å². The van der Waals surface area contributed by atoms with E-state index in [2.05, 4.69) is 10.1 Å². The minimum Gasteiger partial charge on any atom is -0.220 e. The van der Waals surface area contributed by atoms with Gasteiger partial charge in [0.1, 0.15) is 5.82 Å². The molecule has 2 heterocycles. The van der Waals surface area contributed by atoms with Gasteiger partial charge in [-0.05, 0) is 30.3 Å². The molecule has 3 aromatic rings. The molecule has 2 aromatic heterocycles. The van der Waals surface area contributed by atoms with E-state index in [1.54, 1.807) is 35.0 Å². The van der Waals surface area contributed by atoms with Crippen LogP contribution in [0, 0.1) is 17.1 Å². The van der Waals surface area contributed by atoms with E-state index in [-0.39, 0.29) is 5.82 Å². The minimum atomic E-state index is -0.297. The van der Waals surface area contributed by atoms with E-state index in [0.717, 1.165) is 5.56 Å². The molecule has 3 rings (SSSR count). The van der Waals surface area contributed by atoms with Gasteiger partial charge in [-0.1, -0.05) is 0 Å². The van der Waals surface area contributed by atoms with Crippen molar-refractivity contribution in [3.8, 4) is 17.5 Å². The molecule has 0 saturated carbocycles. The maximum absolute atomic E-state index is 12.8. The third kappa shape index (κ3) is 1.70. The van der Waals surface area contributed by atoms with Gasteiger partial charge in [0.2, 0.25) is 0 Å². The molecule has 0 saturated heterocycles. The first-order chi connectivity index (χ1) is 8.76. The van der Waals surface area contributed by atoms with Crippen LogP contribution < -0.4 is 0 Å². The second kappa shape index (κ2) is 3.93.